The van der Waals surface area contributed by atoms with Gasteiger partial charge in [-0.1, -0.05) is 0 Å². The first kappa shape index (κ1) is 11.1. The zero-order chi connectivity index (χ0) is 12.7. The third-order valence-corrected chi connectivity index (χ3v) is 4.54. The minimum Gasteiger partial charge on any atom is -0.356 e. The van der Waals surface area contributed by atoms with Gasteiger partial charge in [0.25, 0.3) is 0 Å². The minimum absolute atomic E-state index is 0.567. The Labute approximate surface area is 112 Å². The van der Waals surface area contributed by atoms with Crippen molar-refractivity contribution in [3.8, 4) is 0 Å². The number of fused-ring (bicyclic) bond motifs is 1. The van der Waals surface area contributed by atoms with E-state index in [1.54, 1.807) is 12.5 Å². The van der Waals surface area contributed by atoms with Crippen LogP contribution < -0.4 is 10.2 Å². The first-order valence-electron chi connectivity index (χ1n) is 6.87. The quantitative estimate of drug-likeness (QED) is 0.830. The fraction of sp³-hybridized carbons (Fsp3) is 0.500. The average molecular weight is 255 g/mol. The van der Waals surface area contributed by atoms with Crippen molar-refractivity contribution in [3.05, 3.63) is 24.8 Å². The van der Waals surface area contributed by atoms with E-state index < -0.39 is 0 Å². The standard InChI is InChI=1S/C14H17N5/c1-4-15-7-11-12(1)17-10-18-13(11)19-5-2-14(3-6-19)8-16-9-14/h1,4,7,10,16H,2-3,5-6,8-9H2. The summed E-state index contributed by atoms with van der Waals surface area (Å²) in [4.78, 5) is 15.4. The summed E-state index contributed by atoms with van der Waals surface area (Å²) in [7, 11) is 0. The molecule has 0 bridgehead atoms. The molecule has 98 valence electrons. The average Bonchev–Trinajstić information content (AvgIpc) is 2.45. The fourth-order valence-electron chi connectivity index (χ4n) is 3.16. The molecule has 0 aliphatic carbocycles. The molecule has 0 radical (unpaired) electrons. The molecular formula is C14H17N5. The summed E-state index contributed by atoms with van der Waals surface area (Å²) in [5.74, 6) is 1.04. The van der Waals surface area contributed by atoms with Gasteiger partial charge in [-0.05, 0) is 24.3 Å². The molecule has 1 N–H and O–H groups in total. The van der Waals surface area contributed by atoms with E-state index in [1.165, 1.54) is 25.9 Å². The molecule has 0 unspecified atom stereocenters. The third kappa shape index (κ3) is 1.76. The molecule has 19 heavy (non-hydrogen) atoms. The minimum atomic E-state index is 0.567. The molecule has 4 rings (SSSR count). The number of pyridine rings is 1. The van der Waals surface area contributed by atoms with Crippen molar-refractivity contribution in [1.82, 2.24) is 20.3 Å². The second kappa shape index (κ2) is 4.13. The summed E-state index contributed by atoms with van der Waals surface area (Å²) >= 11 is 0. The Morgan fingerprint density at radius 1 is 1.16 bits per heavy atom. The summed E-state index contributed by atoms with van der Waals surface area (Å²) < 4.78 is 0. The lowest BCUT2D eigenvalue weighted by molar-refractivity contribution is 0.126. The van der Waals surface area contributed by atoms with E-state index in [-0.39, 0.29) is 0 Å². The van der Waals surface area contributed by atoms with Crippen LogP contribution in [0.2, 0.25) is 0 Å². The van der Waals surface area contributed by atoms with Crippen LogP contribution in [0.5, 0.6) is 0 Å². The number of hydrogen-bond donors (Lipinski definition) is 1. The van der Waals surface area contributed by atoms with Crippen molar-refractivity contribution in [2.24, 2.45) is 5.41 Å². The van der Waals surface area contributed by atoms with Gasteiger partial charge in [-0.2, -0.15) is 0 Å². The van der Waals surface area contributed by atoms with Gasteiger partial charge in [0.2, 0.25) is 0 Å². The van der Waals surface area contributed by atoms with E-state index in [1.807, 2.05) is 12.3 Å². The SMILES string of the molecule is c1cc2ncnc(N3CCC4(CC3)CNC4)c2cn1. The van der Waals surface area contributed by atoms with Crippen molar-refractivity contribution >= 4 is 16.7 Å². The van der Waals surface area contributed by atoms with Crippen molar-refractivity contribution < 1.29 is 0 Å². The maximum atomic E-state index is 4.48. The van der Waals surface area contributed by atoms with E-state index in [2.05, 4.69) is 25.2 Å². The largest absolute Gasteiger partial charge is 0.356 e. The van der Waals surface area contributed by atoms with Crippen LogP contribution in [0.4, 0.5) is 5.82 Å². The number of anilines is 1. The Balaban J connectivity index is 1.64. The van der Waals surface area contributed by atoms with Crippen molar-refractivity contribution in [2.45, 2.75) is 12.8 Å². The van der Waals surface area contributed by atoms with Crippen LogP contribution in [0, 0.1) is 5.41 Å². The van der Waals surface area contributed by atoms with Gasteiger partial charge in [0, 0.05) is 38.6 Å². The number of rotatable bonds is 1. The van der Waals surface area contributed by atoms with Crippen molar-refractivity contribution in [3.63, 3.8) is 0 Å². The van der Waals surface area contributed by atoms with Crippen molar-refractivity contribution in [1.29, 1.82) is 0 Å². The Bertz CT molecular complexity index is 592. The summed E-state index contributed by atoms with van der Waals surface area (Å²) in [6.07, 6.45) is 7.83. The summed E-state index contributed by atoms with van der Waals surface area (Å²) in [6.45, 7) is 4.55. The van der Waals surface area contributed by atoms with Crippen molar-refractivity contribution in [2.75, 3.05) is 31.1 Å². The maximum absolute atomic E-state index is 4.48. The van der Waals surface area contributed by atoms with Crippen LogP contribution in [0.3, 0.4) is 0 Å². The summed E-state index contributed by atoms with van der Waals surface area (Å²) in [6, 6.07) is 1.95. The second-order valence-corrected chi connectivity index (χ2v) is 5.68. The molecule has 2 aliphatic heterocycles. The topological polar surface area (TPSA) is 53.9 Å². The Morgan fingerprint density at radius 3 is 2.74 bits per heavy atom. The van der Waals surface area contributed by atoms with Gasteiger partial charge in [-0.15, -0.1) is 0 Å². The first-order valence-corrected chi connectivity index (χ1v) is 6.87. The van der Waals surface area contributed by atoms with E-state index in [0.717, 1.165) is 29.8 Å². The highest BCUT2D eigenvalue weighted by Gasteiger charge is 2.39. The highest BCUT2D eigenvalue weighted by molar-refractivity contribution is 5.88. The molecular weight excluding hydrogens is 238 g/mol. The lowest BCUT2D eigenvalue weighted by Crippen LogP contribution is -2.58. The highest BCUT2D eigenvalue weighted by atomic mass is 15.2. The smallest absolute Gasteiger partial charge is 0.141 e. The van der Waals surface area contributed by atoms with Crippen LogP contribution in [0.1, 0.15) is 12.8 Å². The van der Waals surface area contributed by atoms with E-state index in [0.29, 0.717) is 5.41 Å². The lowest BCUT2D eigenvalue weighted by atomic mass is 9.73. The first-order chi connectivity index (χ1) is 9.36. The van der Waals surface area contributed by atoms with E-state index in [9.17, 15) is 0 Å². The molecule has 2 aromatic rings. The van der Waals surface area contributed by atoms with Crippen LogP contribution in [-0.2, 0) is 0 Å². The molecule has 0 saturated carbocycles. The molecule has 2 aromatic heterocycles. The van der Waals surface area contributed by atoms with Gasteiger partial charge in [0.1, 0.15) is 12.1 Å². The summed E-state index contributed by atoms with van der Waals surface area (Å²) in [5.41, 5.74) is 1.54. The fourth-order valence-corrected chi connectivity index (χ4v) is 3.16. The van der Waals surface area contributed by atoms with Gasteiger partial charge >= 0.3 is 0 Å². The van der Waals surface area contributed by atoms with Crippen LogP contribution in [-0.4, -0.2) is 41.1 Å². The molecule has 0 aromatic carbocycles. The predicted molar refractivity (Wildman–Crippen MR) is 74.1 cm³/mol. The molecule has 5 heteroatoms. The number of nitrogens with zero attached hydrogens (tertiary/aromatic N) is 4. The van der Waals surface area contributed by atoms with Crippen LogP contribution in [0.15, 0.2) is 24.8 Å². The number of piperidine rings is 1. The molecule has 2 fully saturated rings. The number of nitrogens with one attached hydrogen (secondary N) is 1. The van der Waals surface area contributed by atoms with Gasteiger partial charge in [-0.3, -0.25) is 4.98 Å². The monoisotopic (exact) mass is 255 g/mol. The Kier molecular flexibility index (Phi) is 2.41. The molecule has 4 heterocycles. The van der Waals surface area contributed by atoms with Gasteiger partial charge in [-0.25, -0.2) is 9.97 Å². The van der Waals surface area contributed by atoms with Gasteiger partial charge in [0.05, 0.1) is 10.9 Å². The maximum Gasteiger partial charge on any atom is 0.141 e. The normalized spacial score (nSPS) is 21.6. The highest BCUT2D eigenvalue weighted by Crippen LogP contribution is 2.37. The van der Waals surface area contributed by atoms with E-state index >= 15 is 0 Å². The number of aromatic nitrogens is 3. The Morgan fingerprint density at radius 2 is 2.00 bits per heavy atom. The van der Waals surface area contributed by atoms with E-state index in [4.69, 9.17) is 0 Å². The molecule has 0 atom stereocenters. The third-order valence-electron chi connectivity index (χ3n) is 4.54. The van der Waals surface area contributed by atoms with Gasteiger partial charge in [0.15, 0.2) is 0 Å². The zero-order valence-corrected chi connectivity index (χ0v) is 10.8. The molecule has 2 aliphatic rings. The lowest BCUT2D eigenvalue weighted by Gasteiger charge is -2.48. The second-order valence-electron chi connectivity index (χ2n) is 5.68. The number of hydrogen-bond acceptors (Lipinski definition) is 5. The molecule has 1 spiro atoms. The molecule has 0 amide bonds. The predicted octanol–water partition coefficient (Wildman–Crippen LogP) is 1.21. The molecule has 2 saturated heterocycles. The van der Waals surface area contributed by atoms with Crippen LogP contribution >= 0.6 is 0 Å². The van der Waals surface area contributed by atoms with Gasteiger partial charge < -0.3 is 10.2 Å². The van der Waals surface area contributed by atoms with Crippen LogP contribution in [0.25, 0.3) is 10.9 Å². The zero-order valence-electron chi connectivity index (χ0n) is 10.8. The molecule has 5 nitrogen and oxygen atoms in total. The summed E-state index contributed by atoms with van der Waals surface area (Å²) in [5, 5.41) is 4.46. The Hall–Kier alpha value is -1.75.